The average Bonchev–Trinajstić information content (AvgIpc) is 2.97. The van der Waals surface area contributed by atoms with Crippen molar-refractivity contribution >= 4 is 22.3 Å². The maximum Gasteiger partial charge on any atom is 0.295 e. The number of hydrogen-bond acceptors (Lipinski definition) is 5. The van der Waals surface area contributed by atoms with Crippen LogP contribution in [0.25, 0.3) is 10.9 Å². The van der Waals surface area contributed by atoms with Gasteiger partial charge in [-0.3, -0.25) is 10.1 Å². The van der Waals surface area contributed by atoms with Gasteiger partial charge in [0.25, 0.3) is 5.69 Å². The number of nitrogens with zero attached hydrogens (tertiary/aromatic N) is 2. The fourth-order valence-corrected chi connectivity index (χ4v) is 2.68. The number of nitrogens with one attached hydrogen (secondary N) is 1. The number of aryl methyl sites for hydroxylation is 1. The van der Waals surface area contributed by atoms with Crippen LogP contribution in [0.1, 0.15) is 18.5 Å². The Morgan fingerprint density at radius 3 is 3.10 bits per heavy atom. The summed E-state index contributed by atoms with van der Waals surface area (Å²) in [4.78, 5) is 15.1. The van der Waals surface area contributed by atoms with Crippen molar-refractivity contribution in [2.75, 3.05) is 18.5 Å². The van der Waals surface area contributed by atoms with Crippen LogP contribution in [0.2, 0.25) is 0 Å². The molecule has 6 nitrogen and oxygen atoms in total. The van der Waals surface area contributed by atoms with E-state index in [1.54, 1.807) is 6.07 Å². The van der Waals surface area contributed by atoms with Crippen molar-refractivity contribution in [1.29, 1.82) is 0 Å². The zero-order chi connectivity index (χ0) is 14.8. The van der Waals surface area contributed by atoms with Crippen molar-refractivity contribution in [3.8, 4) is 0 Å². The van der Waals surface area contributed by atoms with Crippen LogP contribution in [0.3, 0.4) is 0 Å². The SMILES string of the molecule is Cc1cc(NCC2CCCO2)c2cccc([N+](=O)[O-])c2n1. The highest BCUT2D eigenvalue weighted by atomic mass is 16.6. The molecular weight excluding hydrogens is 270 g/mol. The molecule has 1 aliphatic heterocycles. The third kappa shape index (κ3) is 2.80. The topological polar surface area (TPSA) is 77.3 Å². The van der Waals surface area contributed by atoms with Gasteiger partial charge in [0.2, 0.25) is 0 Å². The Balaban J connectivity index is 1.97. The van der Waals surface area contributed by atoms with Crippen molar-refractivity contribution in [1.82, 2.24) is 4.98 Å². The Morgan fingerprint density at radius 1 is 1.52 bits per heavy atom. The number of non-ortho nitro benzene ring substituents is 1. The van der Waals surface area contributed by atoms with Crippen LogP contribution in [0.4, 0.5) is 11.4 Å². The van der Waals surface area contributed by atoms with Crippen molar-refractivity contribution < 1.29 is 9.66 Å². The standard InChI is InChI=1S/C15H17N3O3/c1-10-8-13(16-9-11-4-3-7-21-11)12-5-2-6-14(18(19)20)15(12)17-10/h2,5-6,8,11H,3-4,7,9H2,1H3,(H,16,17). The smallest absolute Gasteiger partial charge is 0.295 e. The summed E-state index contributed by atoms with van der Waals surface area (Å²) in [6.45, 7) is 3.36. The number of benzene rings is 1. The van der Waals surface area contributed by atoms with Crippen molar-refractivity contribution in [2.24, 2.45) is 0 Å². The van der Waals surface area contributed by atoms with E-state index in [0.717, 1.165) is 36.2 Å². The minimum Gasteiger partial charge on any atom is -0.382 e. The molecule has 0 amide bonds. The van der Waals surface area contributed by atoms with E-state index in [4.69, 9.17) is 4.74 Å². The van der Waals surface area contributed by atoms with Gasteiger partial charge in [0.1, 0.15) is 0 Å². The van der Waals surface area contributed by atoms with Gasteiger partial charge in [0, 0.05) is 36.0 Å². The molecule has 1 unspecified atom stereocenters. The number of hydrogen-bond donors (Lipinski definition) is 1. The molecule has 1 N–H and O–H groups in total. The maximum atomic E-state index is 11.1. The highest BCUT2D eigenvalue weighted by Gasteiger charge is 2.18. The third-order valence-electron chi connectivity index (χ3n) is 3.69. The van der Waals surface area contributed by atoms with Crippen LogP contribution in [0, 0.1) is 17.0 Å². The zero-order valence-electron chi connectivity index (χ0n) is 11.8. The first-order valence-corrected chi connectivity index (χ1v) is 7.05. The van der Waals surface area contributed by atoms with Crippen LogP contribution in [0.5, 0.6) is 0 Å². The van der Waals surface area contributed by atoms with Gasteiger partial charge in [-0.2, -0.15) is 0 Å². The molecule has 0 aliphatic carbocycles. The molecule has 21 heavy (non-hydrogen) atoms. The number of fused-ring (bicyclic) bond motifs is 1. The first-order valence-electron chi connectivity index (χ1n) is 7.05. The van der Waals surface area contributed by atoms with E-state index in [1.165, 1.54) is 6.07 Å². The number of pyridine rings is 1. The number of ether oxygens (including phenoxy) is 1. The first kappa shape index (κ1) is 13.8. The van der Waals surface area contributed by atoms with Gasteiger partial charge in [-0.1, -0.05) is 12.1 Å². The molecule has 1 aromatic carbocycles. The number of rotatable bonds is 4. The Bertz CT molecular complexity index is 681. The molecule has 2 aromatic rings. The molecule has 3 rings (SSSR count). The number of anilines is 1. The summed E-state index contributed by atoms with van der Waals surface area (Å²) < 4.78 is 5.59. The molecular formula is C15H17N3O3. The van der Waals surface area contributed by atoms with Gasteiger partial charge >= 0.3 is 0 Å². The van der Waals surface area contributed by atoms with Gasteiger partial charge in [0.05, 0.1) is 11.0 Å². The summed E-state index contributed by atoms with van der Waals surface area (Å²) in [7, 11) is 0. The van der Waals surface area contributed by atoms with E-state index in [1.807, 2.05) is 19.1 Å². The highest BCUT2D eigenvalue weighted by molar-refractivity contribution is 5.96. The molecule has 0 saturated carbocycles. The van der Waals surface area contributed by atoms with Crippen LogP contribution in [-0.4, -0.2) is 29.2 Å². The molecule has 0 bridgehead atoms. The van der Waals surface area contributed by atoms with Gasteiger partial charge in [-0.15, -0.1) is 0 Å². The second-order valence-corrected chi connectivity index (χ2v) is 5.26. The summed E-state index contributed by atoms with van der Waals surface area (Å²) in [5.74, 6) is 0. The molecule has 0 radical (unpaired) electrons. The van der Waals surface area contributed by atoms with Crippen molar-refractivity contribution in [2.45, 2.75) is 25.9 Å². The number of nitro benzene ring substituents is 1. The molecule has 2 heterocycles. The molecule has 1 fully saturated rings. The van der Waals surface area contributed by atoms with E-state index in [9.17, 15) is 10.1 Å². The molecule has 0 spiro atoms. The Hall–Kier alpha value is -2.21. The normalized spacial score (nSPS) is 18.0. The van der Waals surface area contributed by atoms with E-state index in [2.05, 4.69) is 10.3 Å². The number of para-hydroxylation sites is 1. The fourth-order valence-electron chi connectivity index (χ4n) is 2.68. The Kier molecular flexibility index (Phi) is 3.70. The molecule has 1 aliphatic rings. The largest absolute Gasteiger partial charge is 0.382 e. The minimum atomic E-state index is -0.390. The van der Waals surface area contributed by atoms with Crippen molar-refractivity contribution in [3.63, 3.8) is 0 Å². The fraction of sp³-hybridized carbons (Fsp3) is 0.400. The lowest BCUT2D eigenvalue weighted by atomic mass is 10.1. The predicted octanol–water partition coefficient (Wildman–Crippen LogP) is 3.04. The van der Waals surface area contributed by atoms with Crippen molar-refractivity contribution in [3.05, 3.63) is 40.1 Å². The van der Waals surface area contributed by atoms with E-state index in [0.29, 0.717) is 12.1 Å². The van der Waals surface area contributed by atoms with Gasteiger partial charge in [-0.05, 0) is 25.8 Å². The van der Waals surface area contributed by atoms with E-state index >= 15 is 0 Å². The van der Waals surface area contributed by atoms with Crippen LogP contribution >= 0.6 is 0 Å². The lowest BCUT2D eigenvalue weighted by Crippen LogP contribution is -2.18. The second-order valence-electron chi connectivity index (χ2n) is 5.26. The predicted molar refractivity (Wildman–Crippen MR) is 80.6 cm³/mol. The average molecular weight is 287 g/mol. The lowest BCUT2D eigenvalue weighted by Gasteiger charge is -2.14. The van der Waals surface area contributed by atoms with E-state index in [-0.39, 0.29) is 11.8 Å². The summed E-state index contributed by atoms with van der Waals surface area (Å²) in [6.07, 6.45) is 2.36. The quantitative estimate of drug-likeness (QED) is 0.690. The Morgan fingerprint density at radius 2 is 2.38 bits per heavy atom. The monoisotopic (exact) mass is 287 g/mol. The van der Waals surface area contributed by atoms with E-state index < -0.39 is 4.92 Å². The summed E-state index contributed by atoms with van der Waals surface area (Å²) in [5, 5.41) is 15.2. The van der Waals surface area contributed by atoms with Crippen LogP contribution in [-0.2, 0) is 4.74 Å². The van der Waals surface area contributed by atoms with Gasteiger partial charge in [-0.25, -0.2) is 4.98 Å². The molecule has 110 valence electrons. The lowest BCUT2D eigenvalue weighted by molar-refractivity contribution is -0.383. The summed E-state index contributed by atoms with van der Waals surface area (Å²) in [5.41, 5.74) is 2.09. The molecule has 1 aromatic heterocycles. The minimum absolute atomic E-state index is 0.0383. The molecule has 1 saturated heterocycles. The summed E-state index contributed by atoms with van der Waals surface area (Å²) >= 11 is 0. The van der Waals surface area contributed by atoms with Crippen LogP contribution < -0.4 is 5.32 Å². The Labute approximate surface area is 122 Å². The van der Waals surface area contributed by atoms with Gasteiger partial charge in [0.15, 0.2) is 5.52 Å². The molecule has 6 heteroatoms. The van der Waals surface area contributed by atoms with Gasteiger partial charge < -0.3 is 10.1 Å². The van der Waals surface area contributed by atoms with Crippen LogP contribution in [0.15, 0.2) is 24.3 Å². The highest BCUT2D eigenvalue weighted by Crippen LogP contribution is 2.30. The second kappa shape index (κ2) is 5.65. The first-order chi connectivity index (χ1) is 10.1. The number of aromatic nitrogens is 1. The third-order valence-corrected chi connectivity index (χ3v) is 3.69. The molecule has 1 atom stereocenters. The zero-order valence-corrected chi connectivity index (χ0v) is 11.8. The maximum absolute atomic E-state index is 11.1. The summed E-state index contributed by atoms with van der Waals surface area (Å²) in [6, 6.07) is 6.95. The number of nitro groups is 1.